The predicted molar refractivity (Wildman–Crippen MR) is 119 cm³/mol. The van der Waals surface area contributed by atoms with Gasteiger partial charge in [0, 0.05) is 23.2 Å². The number of aliphatic imine (C=N–C) groups is 1. The van der Waals surface area contributed by atoms with Gasteiger partial charge < -0.3 is 10.6 Å². The molecule has 0 spiro atoms. The van der Waals surface area contributed by atoms with Crippen molar-refractivity contribution in [2.24, 2.45) is 4.99 Å². The summed E-state index contributed by atoms with van der Waals surface area (Å²) in [5.74, 6) is 0.826. The molecule has 0 saturated carbocycles. The molecule has 0 aliphatic rings. The third-order valence-electron chi connectivity index (χ3n) is 3.65. The number of thiophene rings is 1. The zero-order valence-electron chi connectivity index (χ0n) is 14.8. The molecule has 2 heterocycles. The highest BCUT2D eigenvalue weighted by atomic mass is 127. The molecule has 0 atom stereocenters. The van der Waals surface area contributed by atoms with Crippen LogP contribution in [0.15, 0.2) is 65.2 Å². The van der Waals surface area contributed by atoms with Gasteiger partial charge in [-0.1, -0.05) is 36.4 Å². The molecule has 0 fully saturated rings. The largest absolute Gasteiger partial charge is 0.357 e. The molecule has 7 heteroatoms. The Morgan fingerprint density at radius 2 is 1.96 bits per heavy atom. The predicted octanol–water partition coefficient (Wildman–Crippen LogP) is 3.87. The minimum Gasteiger partial charge on any atom is -0.357 e. The Morgan fingerprint density at radius 1 is 1.12 bits per heavy atom. The molecule has 2 aromatic heterocycles. The lowest BCUT2D eigenvalue weighted by atomic mass is 10.2. The summed E-state index contributed by atoms with van der Waals surface area (Å²) in [5.41, 5.74) is 2.34. The quantitative estimate of drug-likeness (QED) is 0.306. The molecule has 0 bridgehead atoms. The second kappa shape index (κ2) is 11.0. The van der Waals surface area contributed by atoms with Gasteiger partial charge in [0.25, 0.3) is 0 Å². The second-order valence-corrected chi connectivity index (χ2v) is 6.69. The SMILES string of the molecule is CCNC(=NCc1cnn(Cc2ccccc2)c1)NCc1cccs1.I. The first kappa shape index (κ1) is 20.4. The van der Waals surface area contributed by atoms with Gasteiger partial charge >= 0.3 is 0 Å². The maximum atomic E-state index is 4.65. The highest BCUT2D eigenvalue weighted by Crippen LogP contribution is 2.08. The van der Waals surface area contributed by atoms with Gasteiger partial charge in [-0.05, 0) is 23.9 Å². The summed E-state index contributed by atoms with van der Waals surface area (Å²) in [6, 6.07) is 14.5. The van der Waals surface area contributed by atoms with E-state index in [9.17, 15) is 0 Å². The van der Waals surface area contributed by atoms with E-state index in [0.717, 1.165) is 31.2 Å². The molecule has 3 aromatic rings. The van der Waals surface area contributed by atoms with Gasteiger partial charge in [-0.15, -0.1) is 35.3 Å². The molecule has 3 rings (SSSR count). The van der Waals surface area contributed by atoms with Gasteiger partial charge in [0.1, 0.15) is 0 Å². The van der Waals surface area contributed by atoms with E-state index in [0.29, 0.717) is 6.54 Å². The molecule has 0 amide bonds. The fourth-order valence-electron chi connectivity index (χ4n) is 2.44. The molecule has 0 unspecified atom stereocenters. The first-order valence-electron chi connectivity index (χ1n) is 8.43. The fraction of sp³-hybridized carbons (Fsp3) is 0.263. The lowest BCUT2D eigenvalue weighted by Crippen LogP contribution is -2.36. The van der Waals surface area contributed by atoms with E-state index in [-0.39, 0.29) is 24.0 Å². The second-order valence-electron chi connectivity index (χ2n) is 5.66. The normalized spacial score (nSPS) is 11.0. The number of halogens is 1. The van der Waals surface area contributed by atoms with Crippen LogP contribution in [0.2, 0.25) is 0 Å². The lowest BCUT2D eigenvalue weighted by molar-refractivity contribution is 0.686. The maximum absolute atomic E-state index is 4.65. The molecular weight excluding hydrogens is 457 g/mol. The number of rotatable bonds is 7. The average Bonchev–Trinajstić information content (AvgIpc) is 3.30. The first-order chi connectivity index (χ1) is 12.3. The van der Waals surface area contributed by atoms with Gasteiger partial charge in [-0.2, -0.15) is 5.10 Å². The minimum absolute atomic E-state index is 0. The summed E-state index contributed by atoms with van der Waals surface area (Å²) in [6.07, 6.45) is 3.94. The van der Waals surface area contributed by atoms with Crippen LogP contribution in [-0.4, -0.2) is 22.3 Å². The number of nitrogens with one attached hydrogen (secondary N) is 2. The Kier molecular flexibility index (Phi) is 8.63. The number of nitrogens with zero attached hydrogens (tertiary/aromatic N) is 3. The molecule has 1 aromatic carbocycles. The van der Waals surface area contributed by atoms with Gasteiger partial charge in [-0.3, -0.25) is 4.68 Å². The summed E-state index contributed by atoms with van der Waals surface area (Å²) in [6.45, 7) is 5.08. The van der Waals surface area contributed by atoms with Crippen LogP contribution >= 0.6 is 35.3 Å². The Morgan fingerprint density at radius 3 is 2.69 bits per heavy atom. The number of hydrogen-bond donors (Lipinski definition) is 2. The van der Waals surface area contributed by atoms with E-state index in [4.69, 9.17) is 0 Å². The Labute approximate surface area is 175 Å². The van der Waals surface area contributed by atoms with Crippen molar-refractivity contribution in [3.05, 3.63) is 76.2 Å². The Hall–Kier alpha value is -1.87. The summed E-state index contributed by atoms with van der Waals surface area (Å²) < 4.78 is 1.95. The van der Waals surface area contributed by atoms with Gasteiger partial charge in [0.15, 0.2) is 5.96 Å². The topological polar surface area (TPSA) is 54.2 Å². The molecule has 0 aliphatic carbocycles. The molecule has 26 heavy (non-hydrogen) atoms. The van der Waals surface area contributed by atoms with E-state index in [1.807, 2.05) is 29.1 Å². The zero-order chi connectivity index (χ0) is 17.3. The van der Waals surface area contributed by atoms with E-state index >= 15 is 0 Å². The van der Waals surface area contributed by atoms with Crippen LogP contribution in [0.5, 0.6) is 0 Å². The Balaban J connectivity index is 0.00000243. The third kappa shape index (κ3) is 6.45. The average molecular weight is 481 g/mol. The number of hydrogen-bond acceptors (Lipinski definition) is 3. The lowest BCUT2D eigenvalue weighted by Gasteiger charge is -2.10. The zero-order valence-corrected chi connectivity index (χ0v) is 17.9. The van der Waals surface area contributed by atoms with Crippen LogP contribution in [0.3, 0.4) is 0 Å². The number of aromatic nitrogens is 2. The molecule has 5 nitrogen and oxygen atoms in total. The van der Waals surface area contributed by atoms with Crippen molar-refractivity contribution < 1.29 is 0 Å². The van der Waals surface area contributed by atoms with Crippen LogP contribution in [0, 0.1) is 0 Å². The number of guanidine groups is 1. The molecule has 138 valence electrons. The molecular formula is C19H24IN5S. The molecule has 2 N–H and O–H groups in total. The summed E-state index contributed by atoms with van der Waals surface area (Å²) in [4.78, 5) is 5.94. The van der Waals surface area contributed by atoms with E-state index < -0.39 is 0 Å². The Bertz CT molecular complexity index is 783. The molecule has 0 aliphatic heterocycles. The van der Waals surface area contributed by atoms with Gasteiger partial charge in [-0.25, -0.2) is 4.99 Å². The summed E-state index contributed by atoms with van der Waals surface area (Å²) in [5, 5.41) is 13.2. The van der Waals surface area contributed by atoms with E-state index in [2.05, 4.69) is 63.5 Å². The monoisotopic (exact) mass is 481 g/mol. The highest BCUT2D eigenvalue weighted by Gasteiger charge is 2.02. The van der Waals surface area contributed by atoms with Gasteiger partial charge in [0.2, 0.25) is 0 Å². The first-order valence-corrected chi connectivity index (χ1v) is 9.31. The summed E-state index contributed by atoms with van der Waals surface area (Å²) >= 11 is 1.74. The van der Waals surface area contributed by atoms with Crippen LogP contribution in [-0.2, 0) is 19.6 Å². The van der Waals surface area contributed by atoms with Crippen molar-refractivity contribution in [2.45, 2.75) is 26.6 Å². The van der Waals surface area contributed by atoms with Crippen molar-refractivity contribution in [3.8, 4) is 0 Å². The minimum atomic E-state index is 0. The molecule has 0 radical (unpaired) electrons. The highest BCUT2D eigenvalue weighted by molar-refractivity contribution is 14.0. The van der Waals surface area contributed by atoms with Crippen molar-refractivity contribution in [1.29, 1.82) is 0 Å². The smallest absolute Gasteiger partial charge is 0.191 e. The van der Waals surface area contributed by atoms with Crippen molar-refractivity contribution in [1.82, 2.24) is 20.4 Å². The van der Waals surface area contributed by atoms with Crippen LogP contribution in [0.1, 0.15) is 22.9 Å². The third-order valence-corrected chi connectivity index (χ3v) is 4.52. The number of benzene rings is 1. The van der Waals surface area contributed by atoms with Crippen LogP contribution < -0.4 is 10.6 Å². The van der Waals surface area contributed by atoms with Crippen LogP contribution in [0.25, 0.3) is 0 Å². The van der Waals surface area contributed by atoms with Gasteiger partial charge in [0.05, 0.1) is 25.8 Å². The molecule has 0 saturated heterocycles. The van der Waals surface area contributed by atoms with Crippen LogP contribution in [0.4, 0.5) is 0 Å². The standard InChI is InChI=1S/C19H23N5S.HI/c1-2-20-19(22-13-18-9-6-10-25-18)21-11-17-12-23-24(15-17)14-16-7-4-3-5-8-16;/h3-10,12,15H,2,11,13-14H2,1H3,(H2,20,21,22);1H. The van der Waals surface area contributed by atoms with Crippen molar-refractivity contribution in [3.63, 3.8) is 0 Å². The van der Waals surface area contributed by atoms with E-state index in [1.54, 1.807) is 11.3 Å². The van der Waals surface area contributed by atoms with Crippen molar-refractivity contribution in [2.75, 3.05) is 6.54 Å². The maximum Gasteiger partial charge on any atom is 0.191 e. The summed E-state index contributed by atoms with van der Waals surface area (Å²) in [7, 11) is 0. The van der Waals surface area contributed by atoms with Crippen molar-refractivity contribution >= 4 is 41.3 Å². The fourth-order valence-corrected chi connectivity index (χ4v) is 3.09. The van der Waals surface area contributed by atoms with E-state index in [1.165, 1.54) is 10.4 Å².